The number of sulfonamides is 1. The van der Waals surface area contributed by atoms with Crippen molar-refractivity contribution in [2.75, 3.05) is 39.0 Å². The molecule has 2 fully saturated rings. The van der Waals surface area contributed by atoms with Gasteiger partial charge in [-0.1, -0.05) is 18.2 Å². The lowest BCUT2D eigenvalue weighted by molar-refractivity contribution is -0.130. The summed E-state index contributed by atoms with van der Waals surface area (Å²) in [6.07, 6.45) is 1.93. The van der Waals surface area contributed by atoms with Gasteiger partial charge in [-0.25, -0.2) is 21.9 Å². The average molecular weight is 593 g/mol. The predicted molar refractivity (Wildman–Crippen MR) is 146 cm³/mol. The first kappa shape index (κ1) is 29.4. The van der Waals surface area contributed by atoms with Gasteiger partial charge in [0, 0.05) is 45.2 Å². The zero-order valence-electron chi connectivity index (χ0n) is 22.7. The third-order valence-corrected chi connectivity index (χ3v) is 8.42. The van der Waals surface area contributed by atoms with Crippen LogP contribution < -0.4 is 14.8 Å². The topological polar surface area (TPSA) is 117 Å². The van der Waals surface area contributed by atoms with E-state index in [0.717, 1.165) is 18.4 Å². The molecule has 2 amide bonds. The smallest absolute Gasteiger partial charge is 0.258 e. The summed E-state index contributed by atoms with van der Waals surface area (Å²) in [5.74, 6) is -2.26. The Morgan fingerprint density at radius 1 is 1.05 bits per heavy atom. The highest BCUT2D eigenvalue weighted by atomic mass is 32.2. The second-order valence-electron chi connectivity index (χ2n) is 10.7. The quantitative estimate of drug-likeness (QED) is 0.555. The van der Waals surface area contributed by atoms with Crippen molar-refractivity contribution in [2.45, 2.75) is 50.1 Å². The average Bonchev–Trinajstić information content (AvgIpc) is 2.93. The summed E-state index contributed by atoms with van der Waals surface area (Å²) in [5, 5.41) is 2.89. The van der Waals surface area contributed by atoms with Gasteiger partial charge in [0.05, 0.1) is 30.6 Å². The van der Waals surface area contributed by atoms with Crippen LogP contribution in [0.5, 0.6) is 5.75 Å². The van der Waals surface area contributed by atoms with E-state index in [1.54, 1.807) is 24.3 Å². The summed E-state index contributed by atoms with van der Waals surface area (Å²) in [7, 11) is -3.51. The molecule has 0 spiro atoms. The largest absolute Gasteiger partial charge is 0.493 e. The molecule has 2 aromatic rings. The van der Waals surface area contributed by atoms with Crippen molar-refractivity contribution in [1.82, 2.24) is 19.8 Å². The van der Waals surface area contributed by atoms with Gasteiger partial charge in [0.2, 0.25) is 15.9 Å². The molecule has 3 aliphatic heterocycles. The standard InChI is InChI=1S/C28H34F2N4O6S/c1-41(37,38)32-23-9-7-19-10-13-39-25-5-3-2-4-20(25)28(36)34-12-11-33(16-18-6-8-21(29)22(30)14-18)17-24(34)27(35)31-15-26(23)40-19/h2-6,8,14,19,23-24,26,32H,7,9-13,15-17H2,1H3,(H,31,35)/t19-,23+,24-,26+/m0/s1. The number of amides is 2. The zero-order chi connectivity index (χ0) is 29.1. The molecule has 4 atom stereocenters. The number of fused-ring (bicyclic) bond motifs is 4. The first-order valence-electron chi connectivity index (χ1n) is 13.7. The fourth-order valence-electron chi connectivity index (χ4n) is 5.66. The lowest BCUT2D eigenvalue weighted by Gasteiger charge is -2.41. The maximum absolute atomic E-state index is 13.8. The minimum atomic E-state index is -3.51. The van der Waals surface area contributed by atoms with Crippen LogP contribution in [0.4, 0.5) is 8.78 Å². The van der Waals surface area contributed by atoms with E-state index in [1.165, 1.54) is 11.0 Å². The minimum absolute atomic E-state index is 0.0433. The monoisotopic (exact) mass is 592 g/mol. The Kier molecular flexibility index (Phi) is 8.88. The summed E-state index contributed by atoms with van der Waals surface area (Å²) < 4.78 is 66.1. The van der Waals surface area contributed by atoms with Gasteiger partial charge in [-0.3, -0.25) is 14.5 Å². The van der Waals surface area contributed by atoms with E-state index in [-0.39, 0.29) is 38.2 Å². The van der Waals surface area contributed by atoms with Crippen molar-refractivity contribution in [1.29, 1.82) is 0 Å². The van der Waals surface area contributed by atoms with Crippen LogP contribution in [0.15, 0.2) is 42.5 Å². The Labute approximate surface area is 238 Å². The van der Waals surface area contributed by atoms with Crippen molar-refractivity contribution in [3.8, 4) is 5.75 Å². The number of nitrogens with one attached hydrogen (secondary N) is 2. The molecule has 0 unspecified atom stereocenters. The van der Waals surface area contributed by atoms with Gasteiger partial charge in [-0.2, -0.15) is 0 Å². The Morgan fingerprint density at radius 3 is 2.63 bits per heavy atom. The Hall–Kier alpha value is -3.13. The third kappa shape index (κ3) is 7.21. The molecule has 2 aromatic carbocycles. The third-order valence-electron chi connectivity index (χ3n) is 7.69. The van der Waals surface area contributed by atoms with Gasteiger partial charge in [0.1, 0.15) is 11.8 Å². The van der Waals surface area contributed by atoms with E-state index in [2.05, 4.69) is 10.0 Å². The molecule has 13 heteroatoms. The Morgan fingerprint density at radius 2 is 1.85 bits per heavy atom. The minimum Gasteiger partial charge on any atom is -0.493 e. The maximum atomic E-state index is 13.8. The molecule has 0 aliphatic carbocycles. The number of para-hydroxylation sites is 1. The second kappa shape index (κ2) is 12.4. The van der Waals surface area contributed by atoms with Crippen LogP contribution in [0.1, 0.15) is 35.2 Å². The van der Waals surface area contributed by atoms with Crippen molar-refractivity contribution in [3.05, 3.63) is 65.2 Å². The van der Waals surface area contributed by atoms with Crippen LogP contribution in [0.25, 0.3) is 0 Å². The van der Waals surface area contributed by atoms with Gasteiger partial charge >= 0.3 is 0 Å². The molecule has 41 heavy (non-hydrogen) atoms. The molecule has 0 aromatic heterocycles. The first-order chi connectivity index (χ1) is 19.6. The van der Waals surface area contributed by atoms with Crippen LogP contribution >= 0.6 is 0 Å². The van der Waals surface area contributed by atoms with E-state index < -0.39 is 45.8 Å². The van der Waals surface area contributed by atoms with Crippen molar-refractivity contribution in [2.24, 2.45) is 0 Å². The number of hydrogen-bond donors (Lipinski definition) is 2. The van der Waals surface area contributed by atoms with Crippen LogP contribution in [-0.2, 0) is 26.1 Å². The number of rotatable bonds is 4. The molecule has 222 valence electrons. The van der Waals surface area contributed by atoms with E-state index >= 15 is 0 Å². The fourth-order valence-corrected chi connectivity index (χ4v) is 6.48. The number of hydrogen-bond acceptors (Lipinski definition) is 7. The molecule has 0 saturated carbocycles. The molecule has 5 rings (SSSR count). The van der Waals surface area contributed by atoms with Crippen LogP contribution in [-0.4, -0.2) is 93.4 Å². The first-order valence-corrected chi connectivity index (χ1v) is 15.6. The van der Waals surface area contributed by atoms with E-state index in [4.69, 9.17) is 9.47 Å². The molecular weight excluding hydrogens is 558 g/mol. The number of piperazine rings is 1. The highest BCUT2D eigenvalue weighted by molar-refractivity contribution is 7.88. The number of benzene rings is 2. The van der Waals surface area contributed by atoms with Crippen molar-refractivity contribution in [3.63, 3.8) is 0 Å². The Bertz CT molecular complexity index is 1390. The number of carbonyl (C=O) groups is 2. The van der Waals surface area contributed by atoms with Gasteiger partial charge in [0.15, 0.2) is 11.6 Å². The normalized spacial score (nSPS) is 26.3. The molecular formula is C28H34F2N4O6S. The van der Waals surface area contributed by atoms with Gasteiger partial charge in [-0.05, 0) is 42.7 Å². The van der Waals surface area contributed by atoms with Crippen LogP contribution in [0.2, 0.25) is 0 Å². The number of carbonyl (C=O) groups excluding carboxylic acids is 2. The van der Waals surface area contributed by atoms with Gasteiger partial charge in [0.25, 0.3) is 5.91 Å². The lowest BCUT2D eigenvalue weighted by atomic mass is 9.97. The van der Waals surface area contributed by atoms with E-state index in [0.29, 0.717) is 49.3 Å². The number of ether oxygens (including phenoxy) is 2. The number of nitrogens with zero attached hydrogens (tertiary/aromatic N) is 2. The molecule has 0 radical (unpaired) electrons. The second-order valence-corrected chi connectivity index (χ2v) is 12.5. The maximum Gasteiger partial charge on any atom is 0.258 e. The highest BCUT2D eigenvalue weighted by Crippen LogP contribution is 2.27. The van der Waals surface area contributed by atoms with E-state index in [9.17, 15) is 26.8 Å². The number of halogens is 2. The molecule has 2 saturated heterocycles. The SMILES string of the molecule is CS(=O)(=O)N[C@@H]1CC[C@H]2CCOc3ccccc3C(=O)N3CCN(Cc4ccc(F)c(F)c4)C[C@H]3C(=O)NC[C@H]1O2. The lowest BCUT2D eigenvalue weighted by Crippen LogP contribution is -2.61. The Balaban J connectivity index is 1.41. The summed E-state index contributed by atoms with van der Waals surface area (Å²) in [6, 6.07) is 9.14. The molecule has 2 bridgehead atoms. The van der Waals surface area contributed by atoms with Gasteiger partial charge < -0.3 is 19.7 Å². The van der Waals surface area contributed by atoms with Crippen molar-refractivity contribution >= 4 is 21.8 Å². The zero-order valence-corrected chi connectivity index (χ0v) is 23.5. The molecule has 10 nitrogen and oxygen atoms in total. The summed E-state index contributed by atoms with van der Waals surface area (Å²) in [5.41, 5.74) is 0.885. The fraction of sp³-hybridized carbons (Fsp3) is 0.500. The molecule has 3 heterocycles. The predicted octanol–water partition coefficient (Wildman–Crippen LogP) is 1.66. The van der Waals surface area contributed by atoms with Crippen LogP contribution in [0, 0.1) is 11.6 Å². The highest BCUT2D eigenvalue weighted by Gasteiger charge is 2.39. The van der Waals surface area contributed by atoms with Gasteiger partial charge in [-0.15, -0.1) is 0 Å². The van der Waals surface area contributed by atoms with Crippen molar-refractivity contribution < 1.29 is 36.3 Å². The molecule has 2 N–H and O–H groups in total. The van der Waals surface area contributed by atoms with E-state index in [1.807, 2.05) is 4.90 Å². The molecule has 3 aliphatic rings. The summed E-state index contributed by atoms with van der Waals surface area (Å²) in [6.45, 7) is 1.38. The summed E-state index contributed by atoms with van der Waals surface area (Å²) in [4.78, 5) is 30.9. The summed E-state index contributed by atoms with van der Waals surface area (Å²) >= 11 is 0. The van der Waals surface area contributed by atoms with Crippen LogP contribution in [0.3, 0.4) is 0 Å².